The van der Waals surface area contributed by atoms with Crippen molar-refractivity contribution in [2.45, 2.75) is 38.0 Å². The number of nitro groups is 1. The van der Waals surface area contributed by atoms with Gasteiger partial charge >= 0.3 is 10.1 Å². The minimum absolute atomic E-state index is 0.135. The molecule has 0 saturated carbocycles. The first-order chi connectivity index (χ1) is 14.9. The van der Waals surface area contributed by atoms with Gasteiger partial charge in [0, 0.05) is 35.8 Å². The number of hydrogen-bond acceptors (Lipinski definition) is 6. The predicted octanol–water partition coefficient (Wildman–Crippen LogP) is 4.51. The van der Waals surface area contributed by atoms with Gasteiger partial charge in [-0.1, -0.05) is 19.9 Å². The molecule has 0 bridgehead atoms. The smallest absolute Gasteiger partial charge is 0.339 e. The maximum absolute atomic E-state index is 12.8. The van der Waals surface area contributed by atoms with E-state index in [-0.39, 0.29) is 16.3 Å². The van der Waals surface area contributed by atoms with Gasteiger partial charge in [-0.2, -0.15) is 8.42 Å². The number of hydrogen-bond donors (Lipinski definition) is 1. The van der Waals surface area contributed by atoms with Gasteiger partial charge in [-0.05, 0) is 62.2 Å². The van der Waals surface area contributed by atoms with Crippen LogP contribution in [0.15, 0.2) is 53.6 Å². The summed E-state index contributed by atoms with van der Waals surface area (Å²) in [7, 11) is -4.14. The molecule has 2 aromatic carbocycles. The van der Waals surface area contributed by atoms with Gasteiger partial charge in [0.25, 0.3) is 5.69 Å². The zero-order chi connectivity index (χ0) is 22.4. The van der Waals surface area contributed by atoms with E-state index in [0.29, 0.717) is 0 Å². The highest BCUT2D eigenvalue weighted by Crippen LogP contribution is 2.31. The Labute approximate surface area is 182 Å². The second-order valence-electron chi connectivity index (χ2n) is 7.37. The average molecular weight is 446 g/mol. The number of rotatable bonds is 11. The number of nitrogens with one attached hydrogen (secondary N) is 1. The number of fused-ring (bicyclic) bond motifs is 1. The molecule has 1 N–H and O–H groups in total. The Morgan fingerprint density at radius 1 is 1.03 bits per heavy atom. The maximum Gasteiger partial charge on any atom is 0.339 e. The summed E-state index contributed by atoms with van der Waals surface area (Å²) < 4.78 is 31.0. The normalized spacial score (nSPS) is 11.8. The van der Waals surface area contributed by atoms with Gasteiger partial charge in [0.1, 0.15) is 4.90 Å². The Morgan fingerprint density at radius 2 is 1.71 bits per heavy atom. The maximum atomic E-state index is 12.8. The summed E-state index contributed by atoms with van der Waals surface area (Å²) in [6, 6.07) is 9.88. The van der Waals surface area contributed by atoms with E-state index in [1.165, 1.54) is 12.1 Å². The standard InChI is InChI=1S/C22H27N3O5S/c1-3-13-24(14-4-2)15-12-17-16-23-20-6-5-7-21(22(17)20)30-31(28,29)19-10-8-18(9-11-19)25(26)27/h5-11,16,23H,3-4,12-15H2,1-2H3. The molecule has 0 radical (unpaired) electrons. The van der Waals surface area contributed by atoms with Crippen LogP contribution in [0.5, 0.6) is 5.75 Å². The number of H-pyrrole nitrogens is 1. The second kappa shape index (κ2) is 9.93. The average Bonchev–Trinajstić information content (AvgIpc) is 3.16. The molecule has 0 aliphatic rings. The topological polar surface area (TPSA) is 106 Å². The van der Waals surface area contributed by atoms with Crippen molar-refractivity contribution in [3.63, 3.8) is 0 Å². The van der Waals surface area contributed by atoms with E-state index in [9.17, 15) is 18.5 Å². The van der Waals surface area contributed by atoms with Crippen molar-refractivity contribution in [2.24, 2.45) is 0 Å². The Hall–Kier alpha value is -2.91. The number of benzene rings is 2. The number of aromatic amines is 1. The van der Waals surface area contributed by atoms with E-state index in [4.69, 9.17) is 4.18 Å². The summed E-state index contributed by atoms with van der Waals surface area (Å²) in [5.74, 6) is 0.240. The first kappa shape index (κ1) is 22.8. The van der Waals surface area contributed by atoms with Crippen LogP contribution < -0.4 is 4.18 Å². The highest BCUT2D eigenvalue weighted by atomic mass is 32.2. The van der Waals surface area contributed by atoms with Crippen LogP contribution in [0, 0.1) is 10.1 Å². The van der Waals surface area contributed by atoms with Crippen LogP contribution in [0.3, 0.4) is 0 Å². The van der Waals surface area contributed by atoms with Gasteiger partial charge < -0.3 is 14.1 Å². The van der Waals surface area contributed by atoms with Gasteiger partial charge in [0.05, 0.1) is 4.92 Å². The van der Waals surface area contributed by atoms with Gasteiger partial charge in [0.15, 0.2) is 5.75 Å². The minimum Gasteiger partial charge on any atom is -0.378 e. The monoisotopic (exact) mass is 445 g/mol. The molecule has 166 valence electrons. The van der Waals surface area contributed by atoms with E-state index in [1.54, 1.807) is 12.1 Å². The number of non-ortho nitro benzene ring substituents is 1. The van der Waals surface area contributed by atoms with Crippen molar-refractivity contribution >= 4 is 26.7 Å². The molecule has 3 aromatic rings. The third-order valence-corrected chi connectivity index (χ3v) is 6.31. The molecule has 0 aliphatic heterocycles. The molecule has 8 nitrogen and oxygen atoms in total. The summed E-state index contributed by atoms with van der Waals surface area (Å²) in [5.41, 5.74) is 1.60. The lowest BCUT2D eigenvalue weighted by Crippen LogP contribution is -2.27. The molecule has 0 spiro atoms. The van der Waals surface area contributed by atoms with Crippen LogP contribution in [-0.2, 0) is 16.5 Å². The van der Waals surface area contributed by atoms with Crippen molar-refractivity contribution < 1.29 is 17.5 Å². The molecule has 1 aromatic heterocycles. The highest BCUT2D eigenvalue weighted by molar-refractivity contribution is 7.87. The molecular weight excluding hydrogens is 418 g/mol. The zero-order valence-electron chi connectivity index (χ0n) is 17.7. The predicted molar refractivity (Wildman–Crippen MR) is 120 cm³/mol. The van der Waals surface area contributed by atoms with Crippen LogP contribution in [0.4, 0.5) is 5.69 Å². The number of aromatic nitrogens is 1. The molecule has 31 heavy (non-hydrogen) atoms. The molecule has 0 saturated heterocycles. The highest BCUT2D eigenvalue weighted by Gasteiger charge is 2.21. The second-order valence-corrected chi connectivity index (χ2v) is 8.92. The van der Waals surface area contributed by atoms with Crippen molar-refractivity contribution in [2.75, 3.05) is 19.6 Å². The molecule has 1 heterocycles. The Balaban J connectivity index is 1.86. The molecule has 9 heteroatoms. The number of nitro benzene ring substituents is 1. The van der Waals surface area contributed by atoms with Crippen molar-refractivity contribution in [3.05, 3.63) is 64.3 Å². The van der Waals surface area contributed by atoms with E-state index in [2.05, 4.69) is 23.7 Å². The van der Waals surface area contributed by atoms with Gasteiger partial charge in [0.2, 0.25) is 0 Å². The van der Waals surface area contributed by atoms with E-state index in [1.807, 2.05) is 12.3 Å². The third-order valence-electron chi connectivity index (χ3n) is 5.06. The lowest BCUT2D eigenvalue weighted by atomic mass is 10.1. The summed E-state index contributed by atoms with van der Waals surface area (Å²) in [5, 5.41) is 11.6. The third kappa shape index (κ3) is 5.42. The fourth-order valence-corrected chi connectivity index (χ4v) is 4.57. The molecule has 0 atom stereocenters. The van der Waals surface area contributed by atoms with Gasteiger partial charge in [-0.3, -0.25) is 10.1 Å². The molecular formula is C22H27N3O5S. The molecule has 0 amide bonds. The summed E-state index contributed by atoms with van der Waals surface area (Å²) >= 11 is 0. The van der Waals surface area contributed by atoms with E-state index in [0.717, 1.165) is 67.5 Å². The summed E-state index contributed by atoms with van der Waals surface area (Å²) in [4.78, 5) is 15.7. The quantitative estimate of drug-likeness (QED) is 0.264. The van der Waals surface area contributed by atoms with Crippen LogP contribution in [0.1, 0.15) is 32.3 Å². The van der Waals surface area contributed by atoms with Crippen LogP contribution in [-0.4, -0.2) is 42.9 Å². The van der Waals surface area contributed by atoms with E-state index < -0.39 is 15.0 Å². The molecule has 0 fully saturated rings. The number of nitrogens with zero attached hydrogens (tertiary/aromatic N) is 2. The Morgan fingerprint density at radius 3 is 2.32 bits per heavy atom. The summed E-state index contributed by atoms with van der Waals surface area (Å²) in [6.07, 6.45) is 4.81. The van der Waals surface area contributed by atoms with E-state index >= 15 is 0 Å². The fraction of sp³-hybridized carbons (Fsp3) is 0.364. The lowest BCUT2D eigenvalue weighted by molar-refractivity contribution is -0.384. The fourth-order valence-electron chi connectivity index (χ4n) is 3.63. The zero-order valence-corrected chi connectivity index (χ0v) is 18.5. The molecule has 3 rings (SSSR count). The van der Waals surface area contributed by atoms with Crippen LogP contribution in [0.2, 0.25) is 0 Å². The van der Waals surface area contributed by atoms with Crippen molar-refractivity contribution in [3.8, 4) is 5.75 Å². The van der Waals surface area contributed by atoms with Crippen LogP contribution in [0.25, 0.3) is 10.9 Å². The van der Waals surface area contributed by atoms with Crippen molar-refractivity contribution in [1.29, 1.82) is 0 Å². The van der Waals surface area contributed by atoms with Gasteiger partial charge in [-0.15, -0.1) is 0 Å². The first-order valence-electron chi connectivity index (χ1n) is 10.4. The molecule has 0 unspecified atom stereocenters. The largest absolute Gasteiger partial charge is 0.378 e. The lowest BCUT2D eigenvalue weighted by Gasteiger charge is -2.20. The van der Waals surface area contributed by atoms with Crippen molar-refractivity contribution in [1.82, 2.24) is 9.88 Å². The van der Waals surface area contributed by atoms with Crippen LogP contribution >= 0.6 is 0 Å². The Kier molecular flexibility index (Phi) is 7.29. The summed E-state index contributed by atoms with van der Waals surface area (Å²) in [6.45, 7) is 7.23. The Bertz CT molecular complexity index is 1130. The van der Waals surface area contributed by atoms with Gasteiger partial charge in [-0.25, -0.2) is 0 Å². The first-order valence-corrected chi connectivity index (χ1v) is 11.8. The SMILES string of the molecule is CCCN(CCC)CCc1c[nH]c2cccc(OS(=O)(=O)c3ccc([N+](=O)[O-])cc3)c12. The molecule has 0 aliphatic carbocycles. The minimum atomic E-state index is -4.14.